The molecular formula is C14H18ClF3N2O. The van der Waals surface area contributed by atoms with Crippen LogP contribution in [0.2, 0.25) is 0 Å². The van der Waals surface area contributed by atoms with Gasteiger partial charge in [-0.3, -0.25) is 4.79 Å². The SMILES string of the molecule is CN[C@H]1CCCN(C(=O)c2ccc(C(F)(F)F)cc2)C1.Cl. The summed E-state index contributed by atoms with van der Waals surface area (Å²) in [5.41, 5.74) is -0.435. The quantitative estimate of drug-likeness (QED) is 0.908. The van der Waals surface area contributed by atoms with Crippen LogP contribution < -0.4 is 5.32 Å². The Bertz CT molecular complexity index is 476. The third-order valence-electron chi connectivity index (χ3n) is 3.58. The van der Waals surface area contributed by atoms with E-state index in [0.717, 1.165) is 25.0 Å². The van der Waals surface area contributed by atoms with Gasteiger partial charge < -0.3 is 10.2 Å². The van der Waals surface area contributed by atoms with Crippen LogP contribution in [-0.4, -0.2) is 37.0 Å². The van der Waals surface area contributed by atoms with Crippen LogP contribution in [0, 0.1) is 0 Å². The lowest BCUT2D eigenvalue weighted by Gasteiger charge is -2.32. The molecule has 0 unspecified atom stereocenters. The molecule has 1 heterocycles. The van der Waals surface area contributed by atoms with Crippen LogP contribution in [0.25, 0.3) is 0 Å². The van der Waals surface area contributed by atoms with Crippen molar-refractivity contribution in [1.82, 2.24) is 10.2 Å². The van der Waals surface area contributed by atoms with E-state index in [4.69, 9.17) is 0 Å². The van der Waals surface area contributed by atoms with E-state index >= 15 is 0 Å². The average Bonchev–Trinajstić information content (AvgIpc) is 2.46. The van der Waals surface area contributed by atoms with Gasteiger partial charge in [-0.2, -0.15) is 13.2 Å². The molecule has 1 N–H and O–H groups in total. The number of hydrogen-bond donors (Lipinski definition) is 1. The molecule has 3 nitrogen and oxygen atoms in total. The van der Waals surface area contributed by atoms with Gasteiger partial charge in [0.15, 0.2) is 0 Å². The minimum absolute atomic E-state index is 0. The van der Waals surface area contributed by atoms with Gasteiger partial charge in [-0.05, 0) is 44.2 Å². The van der Waals surface area contributed by atoms with Crippen LogP contribution in [0.4, 0.5) is 13.2 Å². The van der Waals surface area contributed by atoms with Crippen molar-refractivity contribution in [2.75, 3.05) is 20.1 Å². The van der Waals surface area contributed by atoms with Gasteiger partial charge in [0.25, 0.3) is 5.91 Å². The summed E-state index contributed by atoms with van der Waals surface area (Å²) in [5, 5.41) is 3.13. The maximum atomic E-state index is 12.5. The predicted molar refractivity (Wildman–Crippen MR) is 76.7 cm³/mol. The topological polar surface area (TPSA) is 32.3 Å². The number of piperidine rings is 1. The number of carbonyl (C=O) groups is 1. The number of amides is 1. The van der Waals surface area contributed by atoms with Gasteiger partial charge in [0, 0.05) is 24.7 Å². The predicted octanol–water partition coefficient (Wildman–Crippen LogP) is 2.95. The number of alkyl halides is 3. The molecule has 0 saturated carbocycles. The summed E-state index contributed by atoms with van der Waals surface area (Å²) < 4.78 is 37.4. The zero-order valence-corrected chi connectivity index (χ0v) is 12.4. The summed E-state index contributed by atoms with van der Waals surface area (Å²) in [6.07, 6.45) is -2.46. The molecule has 0 spiro atoms. The van der Waals surface area contributed by atoms with Crippen LogP contribution in [-0.2, 0) is 6.18 Å². The second kappa shape index (κ2) is 7.13. The van der Waals surface area contributed by atoms with Crippen LogP contribution in [0.5, 0.6) is 0 Å². The molecular weight excluding hydrogens is 305 g/mol. The minimum atomic E-state index is -4.37. The van der Waals surface area contributed by atoms with Gasteiger partial charge in [-0.15, -0.1) is 12.4 Å². The van der Waals surface area contributed by atoms with Crippen molar-refractivity contribution >= 4 is 18.3 Å². The molecule has 1 fully saturated rings. The number of nitrogens with one attached hydrogen (secondary N) is 1. The van der Waals surface area contributed by atoms with Crippen molar-refractivity contribution in [3.63, 3.8) is 0 Å². The highest BCUT2D eigenvalue weighted by molar-refractivity contribution is 5.94. The lowest BCUT2D eigenvalue weighted by molar-refractivity contribution is -0.137. The second-order valence-corrected chi connectivity index (χ2v) is 4.95. The highest BCUT2D eigenvalue weighted by Gasteiger charge is 2.30. The van der Waals surface area contributed by atoms with E-state index in [9.17, 15) is 18.0 Å². The molecule has 7 heteroatoms. The summed E-state index contributed by atoms with van der Waals surface area (Å²) in [5.74, 6) is -0.210. The number of likely N-dealkylation sites (N-methyl/N-ethyl adjacent to an activating group) is 1. The molecule has 1 atom stereocenters. The fourth-order valence-corrected chi connectivity index (χ4v) is 2.38. The van der Waals surface area contributed by atoms with Crippen LogP contribution in [0.15, 0.2) is 24.3 Å². The standard InChI is InChI=1S/C14H17F3N2O.ClH/c1-18-12-3-2-8-19(9-12)13(20)10-4-6-11(7-5-10)14(15,16)17;/h4-7,12,18H,2-3,8-9H2,1H3;1H/t12-;/m0./s1. The number of halogens is 4. The number of benzene rings is 1. The van der Waals surface area contributed by atoms with Crippen LogP contribution in [0.1, 0.15) is 28.8 Å². The van der Waals surface area contributed by atoms with Gasteiger partial charge in [0.05, 0.1) is 5.56 Å². The third kappa shape index (κ3) is 4.35. The van der Waals surface area contributed by atoms with E-state index in [1.807, 2.05) is 7.05 Å². The number of rotatable bonds is 2. The highest BCUT2D eigenvalue weighted by Crippen LogP contribution is 2.29. The molecule has 1 saturated heterocycles. The lowest BCUT2D eigenvalue weighted by atomic mass is 10.0. The zero-order chi connectivity index (χ0) is 14.8. The number of likely N-dealkylation sites (tertiary alicyclic amines) is 1. The fraction of sp³-hybridized carbons (Fsp3) is 0.500. The van der Waals surface area contributed by atoms with Crippen LogP contribution >= 0.6 is 12.4 Å². The average molecular weight is 323 g/mol. The van der Waals surface area contributed by atoms with E-state index in [1.165, 1.54) is 12.1 Å². The number of hydrogen-bond acceptors (Lipinski definition) is 2. The molecule has 1 aromatic rings. The molecule has 2 rings (SSSR count). The largest absolute Gasteiger partial charge is 0.416 e. The Morgan fingerprint density at radius 1 is 1.29 bits per heavy atom. The first-order valence-electron chi connectivity index (χ1n) is 6.55. The van der Waals surface area contributed by atoms with E-state index in [2.05, 4.69) is 5.32 Å². The molecule has 1 aromatic carbocycles. The fourth-order valence-electron chi connectivity index (χ4n) is 2.38. The maximum Gasteiger partial charge on any atom is 0.416 e. The van der Waals surface area contributed by atoms with E-state index in [0.29, 0.717) is 18.7 Å². The summed E-state index contributed by atoms with van der Waals surface area (Å²) in [6, 6.07) is 4.64. The summed E-state index contributed by atoms with van der Waals surface area (Å²) in [4.78, 5) is 13.9. The van der Waals surface area contributed by atoms with Gasteiger partial charge in [-0.1, -0.05) is 0 Å². The number of carbonyl (C=O) groups excluding carboxylic acids is 1. The first kappa shape index (κ1) is 17.8. The van der Waals surface area contributed by atoms with Gasteiger partial charge >= 0.3 is 6.18 Å². The molecule has 118 valence electrons. The molecule has 0 radical (unpaired) electrons. The summed E-state index contributed by atoms with van der Waals surface area (Å²) in [6.45, 7) is 1.24. The van der Waals surface area contributed by atoms with Crippen molar-refractivity contribution in [3.05, 3.63) is 35.4 Å². The zero-order valence-electron chi connectivity index (χ0n) is 11.6. The first-order valence-corrected chi connectivity index (χ1v) is 6.55. The van der Waals surface area contributed by atoms with Crippen molar-refractivity contribution in [1.29, 1.82) is 0 Å². The molecule has 1 amide bonds. The van der Waals surface area contributed by atoms with Crippen molar-refractivity contribution in [2.24, 2.45) is 0 Å². The molecule has 0 bridgehead atoms. The molecule has 0 aliphatic carbocycles. The first-order chi connectivity index (χ1) is 9.41. The van der Waals surface area contributed by atoms with Crippen molar-refractivity contribution in [2.45, 2.75) is 25.1 Å². The third-order valence-corrected chi connectivity index (χ3v) is 3.58. The lowest BCUT2D eigenvalue weighted by Crippen LogP contribution is -2.46. The van der Waals surface area contributed by atoms with Gasteiger partial charge in [0.2, 0.25) is 0 Å². The number of nitrogens with zero attached hydrogens (tertiary/aromatic N) is 1. The van der Waals surface area contributed by atoms with E-state index in [-0.39, 0.29) is 24.4 Å². The smallest absolute Gasteiger partial charge is 0.337 e. The van der Waals surface area contributed by atoms with Crippen molar-refractivity contribution in [3.8, 4) is 0 Å². The second-order valence-electron chi connectivity index (χ2n) is 4.95. The summed E-state index contributed by atoms with van der Waals surface area (Å²) >= 11 is 0. The maximum absolute atomic E-state index is 12.5. The minimum Gasteiger partial charge on any atom is -0.337 e. The molecule has 1 aliphatic heterocycles. The van der Waals surface area contributed by atoms with Crippen LogP contribution in [0.3, 0.4) is 0 Å². The molecule has 21 heavy (non-hydrogen) atoms. The molecule has 0 aromatic heterocycles. The Hall–Kier alpha value is -1.27. The molecule has 1 aliphatic rings. The van der Waals surface area contributed by atoms with Gasteiger partial charge in [-0.25, -0.2) is 0 Å². The Labute approximate surface area is 127 Å². The monoisotopic (exact) mass is 322 g/mol. The Kier molecular flexibility index (Phi) is 6.04. The van der Waals surface area contributed by atoms with E-state index in [1.54, 1.807) is 4.90 Å². The highest BCUT2D eigenvalue weighted by atomic mass is 35.5. The Morgan fingerprint density at radius 3 is 2.43 bits per heavy atom. The summed E-state index contributed by atoms with van der Waals surface area (Å²) in [7, 11) is 1.84. The van der Waals surface area contributed by atoms with Crippen molar-refractivity contribution < 1.29 is 18.0 Å². The normalized spacial score (nSPS) is 19.0. The van der Waals surface area contributed by atoms with E-state index < -0.39 is 11.7 Å². The van der Waals surface area contributed by atoms with Gasteiger partial charge in [0.1, 0.15) is 0 Å². The Balaban J connectivity index is 0.00000220. The Morgan fingerprint density at radius 2 is 1.90 bits per heavy atom.